The van der Waals surface area contributed by atoms with Crippen LogP contribution in [0.2, 0.25) is 0 Å². The summed E-state index contributed by atoms with van der Waals surface area (Å²) in [4.78, 5) is 10.4. The predicted molar refractivity (Wildman–Crippen MR) is 39.2 cm³/mol. The van der Waals surface area contributed by atoms with Gasteiger partial charge < -0.3 is 14.6 Å². The van der Waals surface area contributed by atoms with Crippen molar-refractivity contribution in [3.8, 4) is 0 Å². The van der Waals surface area contributed by atoms with Crippen molar-refractivity contribution in [3.05, 3.63) is 0 Å². The molecular weight excluding hydrogens is 148 g/mol. The molecule has 1 atom stereocenters. The molecular formula is C7H14O4. The molecule has 0 spiro atoms. The van der Waals surface area contributed by atoms with Crippen molar-refractivity contribution in [2.24, 2.45) is 5.92 Å². The fraction of sp³-hybridized carbons (Fsp3) is 0.857. The van der Waals surface area contributed by atoms with Crippen molar-refractivity contribution >= 4 is 5.97 Å². The first kappa shape index (κ1) is 10.4. The van der Waals surface area contributed by atoms with E-state index >= 15 is 0 Å². The average Bonchev–Trinajstić information content (AvgIpc) is 1.99. The summed E-state index contributed by atoms with van der Waals surface area (Å²) < 4.78 is 9.67. The molecule has 0 aliphatic heterocycles. The highest BCUT2D eigenvalue weighted by Crippen LogP contribution is 2.08. The molecule has 0 aliphatic carbocycles. The Morgan fingerprint density at radius 2 is 1.91 bits per heavy atom. The van der Waals surface area contributed by atoms with Crippen molar-refractivity contribution in [1.29, 1.82) is 0 Å². The van der Waals surface area contributed by atoms with Crippen LogP contribution in [0.3, 0.4) is 0 Å². The molecule has 66 valence electrons. The second-order valence-electron chi connectivity index (χ2n) is 2.38. The Bertz CT molecular complexity index is 120. The summed E-state index contributed by atoms with van der Waals surface area (Å²) in [7, 11) is 2.98. The van der Waals surface area contributed by atoms with Gasteiger partial charge in [-0.2, -0.15) is 0 Å². The van der Waals surface area contributed by atoms with Gasteiger partial charge in [-0.15, -0.1) is 0 Å². The van der Waals surface area contributed by atoms with Crippen molar-refractivity contribution in [2.45, 2.75) is 19.6 Å². The lowest BCUT2D eigenvalue weighted by atomic mass is 10.1. The van der Waals surface area contributed by atoms with Gasteiger partial charge >= 0.3 is 5.97 Å². The molecule has 0 fully saturated rings. The zero-order valence-electron chi connectivity index (χ0n) is 7.03. The van der Waals surface area contributed by atoms with Crippen molar-refractivity contribution in [3.63, 3.8) is 0 Å². The third-order valence-corrected chi connectivity index (χ3v) is 1.49. The molecule has 0 bridgehead atoms. The number of hydrogen-bond acceptors (Lipinski definition) is 3. The fourth-order valence-corrected chi connectivity index (χ4v) is 0.678. The first-order chi connectivity index (χ1) is 5.11. The molecule has 0 aromatic carbocycles. The van der Waals surface area contributed by atoms with Crippen LogP contribution in [0.25, 0.3) is 0 Å². The van der Waals surface area contributed by atoms with Gasteiger partial charge in [0, 0.05) is 20.6 Å². The van der Waals surface area contributed by atoms with E-state index in [0.717, 1.165) is 0 Å². The number of carbonyl (C=O) groups is 1. The molecule has 4 heteroatoms. The van der Waals surface area contributed by atoms with Gasteiger partial charge in [0.25, 0.3) is 0 Å². The van der Waals surface area contributed by atoms with Gasteiger partial charge in [0.15, 0.2) is 6.29 Å². The van der Waals surface area contributed by atoms with Crippen LogP contribution in [0.15, 0.2) is 0 Å². The Morgan fingerprint density at radius 1 is 1.45 bits per heavy atom. The summed E-state index contributed by atoms with van der Waals surface area (Å²) in [5, 5.41) is 8.51. The first-order valence-corrected chi connectivity index (χ1v) is 3.40. The maximum Gasteiger partial charge on any atom is 0.306 e. The van der Waals surface area contributed by atoms with E-state index in [0.29, 0.717) is 6.42 Å². The standard InChI is InChI=1S/C7H14O4/c1-5(7(8)9)4-6(10-2)11-3/h5-6H,4H2,1-3H3,(H,8,9). The van der Waals surface area contributed by atoms with E-state index in [-0.39, 0.29) is 0 Å². The van der Waals surface area contributed by atoms with Crippen LogP contribution in [0.4, 0.5) is 0 Å². The van der Waals surface area contributed by atoms with Gasteiger partial charge in [0.2, 0.25) is 0 Å². The van der Waals surface area contributed by atoms with Crippen LogP contribution in [0.5, 0.6) is 0 Å². The van der Waals surface area contributed by atoms with E-state index in [2.05, 4.69) is 0 Å². The Morgan fingerprint density at radius 3 is 2.18 bits per heavy atom. The summed E-state index contributed by atoms with van der Waals surface area (Å²) in [5.74, 6) is -1.26. The molecule has 0 saturated heterocycles. The van der Waals surface area contributed by atoms with Gasteiger partial charge in [0.05, 0.1) is 5.92 Å². The molecule has 0 saturated carbocycles. The zero-order valence-corrected chi connectivity index (χ0v) is 7.03. The summed E-state index contributed by atoms with van der Waals surface area (Å²) in [5.41, 5.74) is 0. The number of rotatable bonds is 5. The molecule has 1 unspecified atom stereocenters. The molecule has 0 aromatic heterocycles. The number of carboxylic acids is 1. The third-order valence-electron chi connectivity index (χ3n) is 1.49. The van der Waals surface area contributed by atoms with Gasteiger partial charge in [-0.3, -0.25) is 4.79 Å². The number of ether oxygens (including phenoxy) is 2. The smallest absolute Gasteiger partial charge is 0.306 e. The topological polar surface area (TPSA) is 55.8 Å². The van der Waals surface area contributed by atoms with Gasteiger partial charge in [-0.1, -0.05) is 6.92 Å². The van der Waals surface area contributed by atoms with E-state index < -0.39 is 18.2 Å². The molecule has 0 amide bonds. The van der Waals surface area contributed by atoms with E-state index in [1.54, 1.807) is 6.92 Å². The average molecular weight is 162 g/mol. The molecule has 1 N–H and O–H groups in total. The van der Waals surface area contributed by atoms with Crippen LogP contribution in [0, 0.1) is 5.92 Å². The third kappa shape index (κ3) is 3.95. The number of carboxylic acid groups (broad SMARTS) is 1. The summed E-state index contributed by atoms with van der Waals surface area (Å²) >= 11 is 0. The Hall–Kier alpha value is -0.610. The Balaban J connectivity index is 3.71. The highest BCUT2D eigenvalue weighted by Gasteiger charge is 2.16. The van der Waals surface area contributed by atoms with E-state index in [9.17, 15) is 4.79 Å². The Labute approximate surface area is 66.1 Å². The maximum atomic E-state index is 10.4. The SMILES string of the molecule is COC(CC(C)C(=O)O)OC. The molecule has 0 aromatic rings. The normalized spacial score (nSPS) is 13.5. The second kappa shape index (κ2) is 5.09. The lowest BCUT2D eigenvalue weighted by molar-refractivity contribution is -0.149. The highest BCUT2D eigenvalue weighted by molar-refractivity contribution is 5.69. The van der Waals surface area contributed by atoms with Gasteiger partial charge in [-0.05, 0) is 0 Å². The predicted octanol–water partition coefficient (Wildman–Crippen LogP) is 0.716. The minimum Gasteiger partial charge on any atom is -0.481 e. The quantitative estimate of drug-likeness (QED) is 0.605. The summed E-state index contributed by atoms with van der Waals surface area (Å²) in [6, 6.07) is 0. The van der Waals surface area contributed by atoms with E-state index in [1.165, 1.54) is 14.2 Å². The van der Waals surface area contributed by atoms with Crippen LogP contribution in [-0.2, 0) is 14.3 Å². The van der Waals surface area contributed by atoms with Crippen molar-refractivity contribution < 1.29 is 19.4 Å². The number of methoxy groups -OCH3 is 2. The fourth-order valence-electron chi connectivity index (χ4n) is 0.678. The van der Waals surface area contributed by atoms with E-state index in [4.69, 9.17) is 14.6 Å². The van der Waals surface area contributed by atoms with Crippen molar-refractivity contribution in [2.75, 3.05) is 14.2 Å². The summed E-state index contributed by atoms with van der Waals surface area (Å²) in [6.45, 7) is 1.62. The highest BCUT2D eigenvalue weighted by atomic mass is 16.7. The molecule has 4 nitrogen and oxygen atoms in total. The molecule has 0 heterocycles. The second-order valence-corrected chi connectivity index (χ2v) is 2.38. The lowest BCUT2D eigenvalue weighted by Crippen LogP contribution is -2.21. The van der Waals surface area contributed by atoms with Gasteiger partial charge in [-0.25, -0.2) is 0 Å². The Kier molecular flexibility index (Phi) is 4.81. The number of hydrogen-bond donors (Lipinski definition) is 1. The number of aliphatic carboxylic acids is 1. The molecule has 0 aliphatic rings. The van der Waals surface area contributed by atoms with Crippen LogP contribution >= 0.6 is 0 Å². The summed E-state index contributed by atoms with van der Waals surface area (Å²) in [6.07, 6.45) is -0.0383. The van der Waals surface area contributed by atoms with Crippen LogP contribution in [-0.4, -0.2) is 31.6 Å². The molecule has 0 radical (unpaired) electrons. The zero-order chi connectivity index (χ0) is 8.85. The largest absolute Gasteiger partial charge is 0.481 e. The minimum absolute atomic E-state index is 0.377. The molecule has 11 heavy (non-hydrogen) atoms. The van der Waals surface area contributed by atoms with E-state index in [1.807, 2.05) is 0 Å². The van der Waals surface area contributed by atoms with Crippen LogP contribution in [0.1, 0.15) is 13.3 Å². The molecule has 0 rings (SSSR count). The van der Waals surface area contributed by atoms with Crippen LogP contribution < -0.4 is 0 Å². The first-order valence-electron chi connectivity index (χ1n) is 3.40. The van der Waals surface area contributed by atoms with Gasteiger partial charge in [0.1, 0.15) is 0 Å². The maximum absolute atomic E-state index is 10.4. The monoisotopic (exact) mass is 162 g/mol. The van der Waals surface area contributed by atoms with Crippen molar-refractivity contribution in [1.82, 2.24) is 0 Å². The minimum atomic E-state index is -0.830. The lowest BCUT2D eigenvalue weighted by Gasteiger charge is -2.15.